The molecule has 0 spiro atoms. The van der Waals surface area contributed by atoms with Crippen molar-refractivity contribution in [1.29, 1.82) is 0 Å². The summed E-state index contributed by atoms with van der Waals surface area (Å²) in [5.41, 5.74) is 0. The molecule has 4 nitrogen and oxygen atoms in total. The Bertz CT molecular complexity index is 109. The van der Waals surface area contributed by atoms with Crippen molar-refractivity contribution in [3.63, 3.8) is 0 Å². The average Bonchev–Trinajstić information content (AvgIpc) is 1.30. The molecule has 0 aliphatic heterocycles. The van der Waals surface area contributed by atoms with Gasteiger partial charge in [-0.15, -0.1) is 0 Å². The van der Waals surface area contributed by atoms with Crippen LogP contribution in [0.1, 0.15) is 0 Å². The summed E-state index contributed by atoms with van der Waals surface area (Å²) in [6, 6.07) is 0. The fourth-order valence-electron chi connectivity index (χ4n) is 0.0398. The van der Waals surface area contributed by atoms with Gasteiger partial charge in [-0.05, 0) is 0 Å². The van der Waals surface area contributed by atoms with Crippen molar-refractivity contribution in [2.45, 2.75) is 0 Å². The van der Waals surface area contributed by atoms with Crippen molar-refractivity contribution in [1.82, 2.24) is 0 Å². The van der Waals surface area contributed by atoms with Crippen molar-refractivity contribution < 1.29 is 62.7 Å². The van der Waals surface area contributed by atoms with Gasteiger partial charge in [-0.1, -0.05) is 0 Å². The molecule has 0 aromatic heterocycles. The summed E-state index contributed by atoms with van der Waals surface area (Å²) < 4.78 is 22.5. The normalized spacial score (nSPS) is 15.8. The van der Waals surface area contributed by atoms with E-state index in [2.05, 4.69) is 14.7 Å². The van der Waals surface area contributed by atoms with Gasteiger partial charge in [0.05, 0.1) is 0 Å². The average molecular weight is 204 g/mol. The molecule has 42 valence electrons. The van der Waals surface area contributed by atoms with E-state index in [1.807, 2.05) is 0 Å². The number of hydrogen-bond acceptors (Lipinski definition) is 4. The zero-order valence-corrected chi connectivity index (χ0v) is 8.95. The Morgan fingerprint density at radius 3 is 2.12 bits per heavy atom. The van der Waals surface area contributed by atoms with Crippen LogP contribution in [0.25, 0.3) is 0 Å². The first-order valence-corrected chi connectivity index (χ1v) is 4.67. The van der Waals surface area contributed by atoms with Gasteiger partial charge >= 0.3 is 80.9 Å². The van der Waals surface area contributed by atoms with Crippen LogP contribution < -0.4 is 34.5 Å². The second-order valence-corrected chi connectivity index (χ2v) is 3.85. The minimum atomic E-state index is -4.21. The predicted molar refractivity (Wildman–Crippen MR) is 15.2 cm³/mol. The van der Waals surface area contributed by atoms with Crippen LogP contribution in [0.4, 0.5) is 0 Å². The van der Waals surface area contributed by atoms with Gasteiger partial charge in [-0.25, -0.2) is 0 Å². The molecule has 0 N–H and O–H groups in total. The van der Waals surface area contributed by atoms with Crippen molar-refractivity contribution in [3.8, 4) is 0 Å². The molecule has 0 saturated carbocycles. The van der Waals surface area contributed by atoms with Gasteiger partial charge in [-0.2, -0.15) is 0 Å². The zero-order valence-electron chi connectivity index (χ0n) is 3.91. The first-order valence-electron chi connectivity index (χ1n) is 1.08. The molecule has 0 radical (unpaired) electrons. The molecule has 0 aliphatic rings. The van der Waals surface area contributed by atoms with Crippen LogP contribution in [0.15, 0.2) is 0 Å². The van der Waals surface area contributed by atoms with Crippen molar-refractivity contribution in [3.05, 3.63) is 0 Å². The Morgan fingerprint density at radius 1 is 1.75 bits per heavy atom. The Labute approximate surface area is 80.2 Å². The third-order valence-corrected chi connectivity index (χ3v) is 2.38. The van der Waals surface area contributed by atoms with Crippen LogP contribution in [0.3, 0.4) is 0 Å². The van der Waals surface area contributed by atoms with Crippen LogP contribution >= 0.6 is 18.2 Å². The standard InChI is InChI=1S/ClH2O3P.Na.O.V/c1-5(2,3)4;;;/h(H2,2,3,4);;;/q;+1;;+1/p-2. The topological polar surface area (TPSA) is 66.4 Å². The molecule has 0 rings (SSSR count). The van der Waals surface area contributed by atoms with Crippen LogP contribution in [0.2, 0.25) is 0 Å². The second-order valence-electron chi connectivity index (χ2n) is 0.587. The Kier molecular flexibility index (Phi) is 8.74. The van der Waals surface area contributed by atoms with Crippen LogP contribution in [0, 0.1) is 0 Å². The molecule has 0 heterocycles. The number of halogens is 1. The van der Waals surface area contributed by atoms with E-state index in [1.54, 1.807) is 0 Å². The first kappa shape index (κ1) is 12.5. The fraction of sp³-hybridized carbons (Fsp3) is 0. The third kappa shape index (κ3) is 10.7. The quantitative estimate of drug-likeness (QED) is 0.356. The van der Waals surface area contributed by atoms with Gasteiger partial charge in [-0.3, -0.25) is 0 Å². The summed E-state index contributed by atoms with van der Waals surface area (Å²) in [4.78, 5) is 9.63. The van der Waals surface area contributed by atoms with E-state index in [9.17, 15) is 13.1 Å². The van der Waals surface area contributed by atoms with E-state index in [-0.39, 0.29) is 29.6 Å². The molecular formula is ClNaO4PV. The summed E-state index contributed by atoms with van der Waals surface area (Å²) in [5.74, 6) is 0. The van der Waals surface area contributed by atoms with Crippen LogP contribution in [-0.2, 0) is 28.3 Å². The third-order valence-electron chi connectivity index (χ3n) is 0.131. The summed E-state index contributed by atoms with van der Waals surface area (Å²) >= 11 is 2.61. The monoisotopic (exact) mass is 204 g/mol. The Hall–Kier alpha value is 1.82. The van der Waals surface area contributed by atoms with Crippen LogP contribution in [0.5, 0.6) is 0 Å². The van der Waals surface area contributed by atoms with E-state index in [0.29, 0.717) is 0 Å². The Balaban J connectivity index is 0. The molecular weight excluding hydrogens is 204 g/mol. The molecule has 0 fully saturated rings. The van der Waals surface area contributed by atoms with Crippen molar-refractivity contribution >= 4 is 18.2 Å². The maximum absolute atomic E-state index is 9.63. The Morgan fingerprint density at radius 2 is 2.12 bits per heavy atom. The van der Waals surface area contributed by atoms with E-state index in [1.165, 1.54) is 0 Å². The van der Waals surface area contributed by atoms with Gasteiger partial charge in [0.25, 0.3) is 0 Å². The van der Waals surface area contributed by atoms with Crippen molar-refractivity contribution in [2.24, 2.45) is 0 Å². The van der Waals surface area contributed by atoms with Crippen molar-refractivity contribution in [2.75, 3.05) is 0 Å². The molecule has 0 aromatic rings. The molecule has 8 heavy (non-hydrogen) atoms. The van der Waals surface area contributed by atoms with E-state index in [0.717, 1.165) is 0 Å². The summed E-state index contributed by atoms with van der Waals surface area (Å²) in [6.45, 7) is -4.21. The molecule has 1 unspecified atom stereocenters. The minimum absolute atomic E-state index is 0. The fourth-order valence-corrected chi connectivity index (χ4v) is 0.804. The van der Waals surface area contributed by atoms with E-state index < -0.39 is 23.5 Å². The molecule has 0 aromatic carbocycles. The molecule has 0 saturated heterocycles. The van der Waals surface area contributed by atoms with Gasteiger partial charge in [0.1, 0.15) is 0 Å². The maximum atomic E-state index is 9.63. The summed E-state index contributed by atoms with van der Waals surface area (Å²) in [5, 5.41) is 0. The molecule has 8 heteroatoms. The van der Waals surface area contributed by atoms with E-state index in [4.69, 9.17) is 0 Å². The van der Waals surface area contributed by atoms with Gasteiger partial charge < -0.3 is 0 Å². The van der Waals surface area contributed by atoms with Crippen LogP contribution in [-0.4, -0.2) is 0 Å². The summed E-state index contributed by atoms with van der Waals surface area (Å²) in [6.07, 6.45) is 0. The number of hydrogen-bond donors (Lipinski definition) is 0. The molecule has 1 atom stereocenters. The van der Waals surface area contributed by atoms with Gasteiger partial charge in [0.2, 0.25) is 0 Å². The molecule has 0 aliphatic carbocycles. The molecule has 0 bridgehead atoms. The van der Waals surface area contributed by atoms with Gasteiger partial charge in [0.15, 0.2) is 0 Å². The molecule has 0 amide bonds. The first-order chi connectivity index (χ1) is 3.06. The number of rotatable bonds is 2. The van der Waals surface area contributed by atoms with Gasteiger partial charge in [0, 0.05) is 0 Å². The SMILES string of the molecule is [Na+].[O]=[V][O]P(=O)([O-])Cl. The predicted octanol–water partition coefficient (Wildman–Crippen LogP) is -2.94. The zero-order chi connectivity index (χ0) is 5.91. The second kappa shape index (κ2) is 5.60. The van der Waals surface area contributed by atoms with E-state index >= 15 is 0 Å². The summed E-state index contributed by atoms with van der Waals surface area (Å²) in [7, 11) is 0.